The van der Waals surface area contributed by atoms with E-state index in [2.05, 4.69) is 11.8 Å². The number of hydrogen-bond acceptors (Lipinski definition) is 3. The summed E-state index contributed by atoms with van der Waals surface area (Å²) in [5.41, 5.74) is 0. The van der Waals surface area contributed by atoms with E-state index in [1.807, 2.05) is 0 Å². The molecule has 0 saturated carbocycles. The van der Waals surface area contributed by atoms with Crippen LogP contribution in [0.1, 0.15) is 51.4 Å². The molecule has 0 rings (SSSR count). The zero-order valence-electron chi connectivity index (χ0n) is 9.50. The van der Waals surface area contributed by atoms with Crippen molar-refractivity contribution in [1.29, 1.82) is 0 Å². The van der Waals surface area contributed by atoms with Crippen LogP contribution in [0.4, 0.5) is 0 Å². The standard InChI is InChI=1S/C12H22O3/c1-14-10-8-6-4-2-3-5-7-9-11-15-12-13/h1-11H2. The van der Waals surface area contributed by atoms with Gasteiger partial charge in [0.1, 0.15) is 0 Å². The SMILES string of the molecule is [CH2]OCCCCCCCCCCO[C]=O. The maximum Gasteiger partial charge on any atom is 0.417 e. The lowest BCUT2D eigenvalue weighted by Gasteiger charge is -2.01. The molecule has 0 aliphatic carbocycles. The van der Waals surface area contributed by atoms with Crippen LogP contribution >= 0.6 is 0 Å². The Labute approximate surface area is 93.1 Å². The van der Waals surface area contributed by atoms with Gasteiger partial charge in [-0.3, -0.25) is 0 Å². The van der Waals surface area contributed by atoms with E-state index >= 15 is 0 Å². The first-order valence-electron chi connectivity index (χ1n) is 5.77. The van der Waals surface area contributed by atoms with E-state index < -0.39 is 0 Å². The van der Waals surface area contributed by atoms with Crippen molar-refractivity contribution in [3.63, 3.8) is 0 Å². The summed E-state index contributed by atoms with van der Waals surface area (Å²) in [6.07, 6.45) is 9.53. The van der Waals surface area contributed by atoms with Gasteiger partial charge < -0.3 is 9.47 Å². The molecule has 88 valence electrons. The van der Waals surface area contributed by atoms with E-state index in [1.54, 1.807) is 0 Å². The van der Waals surface area contributed by atoms with Crippen LogP contribution in [0, 0.1) is 7.11 Å². The third-order valence-electron chi connectivity index (χ3n) is 2.34. The van der Waals surface area contributed by atoms with Gasteiger partial charge in [0.25, 0.3) is 0 Å². The van der Waals surface area contributed by atoms with Gasteiger partial charge in [0.15, 0.2) is 0 Å². The molecule has 0 bridgehead atoms. The second-order valence-corrected chi connectivity index (χ2v) is 3.67. The van der Waals surface area contributed by atoms with Crippen LogP contribution in [-0.4, -0.2) is 19.7 Å². The van der Waals surface area contributed by atoms with E-state index in [9.17, 15) is 4.79 Å². The lowest BCUT2D eigenvalue weighted by atomic mass is 10.1. The monoisotopic (exact) mass is 214 g/mol. The van der Waals surface area contributed by atoms with E-state index in [0.717, 1.165) is 25.9 Å². The van der Waals surface area contributed by atoms with Crippen molar-refractivity contribution in [2.45, 2.75) is 51.4 Å². The van der Waals surface area contributed by atoms with Gasteiger partial charge in [-0.05, 0) is 12.8 Å². The molecule has 0 unspecified atom stereocenters. The third kappa shape index (κ3) is 13.4. The molecule has 0 atom stereocenters. The van der Waals surface area contributed by atoms with Gasteiger partial charge in [-0.2, -0.15) is 0 Å². The first-order valence-corrected chi connectivity index (χ1v) is 5.77. The lowest BCUT2D eigenvalue weighted by Crippen LogP contribution is -1.91. The van der Waals surface area contributed by atoms with E-state index in [4.69, 9.17) is 4.74 Å². The molecule has 3 heteroatoms. The number of carbonyl (C=O) groups excluding carboxylic acids is 1. The molecule has 0 saturated heterocycles. The van der Waals surface area contributed by atoms with Gasteiger partial charge in [0, 0.05) is 6.61 Å². The Balaban J connectivity index is 2.83. The minimum atomic E-state index is 0.518. The van der Waals surface area contributed by atoms with Crippen LogP contribution in [-0.2, 0) is 14.3 Å². The first kappa shape index (κ1) is 14.4. The van der Waals surface area contributed by atoms with Crippen LogP contribution in [0.15, 0.2) is 0 Å². The maximum atomic E-state index is 9.70. The van der Waals surface area contributed by atoms with Crippen molar-refractivity contribution < 1.29 is 14.3 Å². The molecule has 0 aliphatic heterocycles. The molecule has 15 heavy (non-hydrogen) atoms. The molecule has 0 aromatic rings. The summed E-state index contributed by atoms with van der Waals surface area (Å²) in [5.74, 6) is 0. The molecule has 0 N–H and O–H groups in total. The van der Waals surface area contributed by atoms with Crippen LogP contribution in [0.25, 0.3) is 0 Å². The highest BCUT2D eigenvalue weighted by molar-refractivity contribution is 5.37. The Kier molecular flexibility index (Phi) is 12.9. The molecule has 2 radical (unpaired) electrons. The average Bonchev–Trinajstić information content (AvgIpc) is 2.26. The van der Waals surface area contributed by atoms with E-state index in [-0.39, 0.29) is 0 Å². The molecule has 0 heterocycles. The second-order valence-electron chi connectivity index (χ2n) is 3.67. The number of hydrogen-bond donors (Lipinski definition) is 0. The number of unbranched alkanes of at least 4 members (excludes halogenated alkanes) is 7. The van der Waals surface area contributed by atoms with Crippen LogP contribution in [0.5, 0.6) is 0 Å². The van der Waals surface area contributed by atoms with Gasteiger partial charge in [-0.25, -0.2) is 4.79 Å². The summed E-state index contributed by atoms with van der Waals surface area (Å²) in [7, 11) is 3.33. The van der Waals surface area contributed by atoms with E-state index in [1.165, 1.54) is 38.6 Å². The molecule has 0 spiro atoms. The van der Waals surface area contributed by atoms with Crippen molar-refractivity contribution in [2.75, 3.05) is 13.2 Å². The normalized spacial score (nSPS) is 10.2. The van der Waals surface area contributed by atoms with Gasteiger partial charge in [0.05, 0.1) is 13.7 Å². The summed E-state index contributed by atoms with van der Waals surface area (Å²) < 4.78 is 9.21. The largest absolute Gasteiger partial charge is 0.457 e. The predicted octanol–water partition coefficient (Wildman–Crippen LogP) is 3.00. The number of rotatable bonds is 12. The quantitative estimate of drug-likeness (QED) is 0.468. The highest BCUT2D eigenvalue weighted by Gasteiger charge is 1.92. The van der Waals surface area contributed by atoms with Gasteiger partial charge >= 0.3 is 6.47 Å². The molecule has 0 aromatic heterocycles. The summed E-state index contributed by atoms with van der Waals surface area (Å²) >= 11 is 0. The minimum Gasteiger partial charge on any atom is -0.457 e. The Morgan fingerprint density at radius 3 is 1.73 bits per heavy atom. The third-order valence-corrected chi connectivity index (χ3v) is 2.34. The number of ether oxygens (including phenoxy) is 2. The Bertz CT molecular complexity index is 126. The average molecular weight is 214 g/mol. The molecule has 0 fully saturated rings. The fourth-order valence-electron chi connectivity index (χ4n) is 1.48. The zero-order chi connectivity index (χ0) is 11.2. The molecule has 0 aromatic carbocycles. The maximum absolute atomic E-state index is 9.70. The zero-order valence-corrected chi connectivity index (χ0v) is 9.50. The van der Waals surface area contributed by atoms with Gasteiger partial charge in [-0.1, -0.05) is 38.5 Å². The highest BCUT2D eigenvalue weighted by atomic mass is 16.5. The summed E-state index contributed by atoms with van der Waals surface area (Å²) in [6, 6.07) is 0. The van der Waals surface area contributed by atoms with Crippen molar-refractivity contribution in [3.8, 4) is 0 Å². The fourth-order valence-corrected chi connectivity index (χ4v) is 1.48. The Hall–Kier alpha value is -0.570. The van der Waals surface area contributed by atoms with Crippen molar-refractivity contribution in [3.05, 3.63) is 7.11 Å². The highest BCUT2D eigenvalue weighted by Crippen LogP contribution is 2.08. The van der Waals surface area contributed by atoms with Crippen LogP contribution < -0.4 is 0 Å². The van der Waals surface area contributed by atoms with Crippen LogP contribution in [0.2, 0.25) is 0 Å². The van der Waals surface area contributed by atoms with Crippen molar-refractivity contribution in [1.82, 2.24) is 0 Å². The van der Waals surface area contributed by atoms with Crippen molar-refractivity contribution >= 4 is 6.47 Å². The Morgan fingerprint density at radius 2 is 1.27 bits per heavy atom. The predicted molar refractivity (Wildman–Crippen MR) is 59.9 cm³/mol. The van der Waals surface area contributed by atoms with Gasteiger partial charge in [0.2, 0.25) is 0 Å². The van der Waals surface area contributed by atoms with E-state index in [0.29, 0.717) is 6.61 Å². The summed E-state index contributed by atoms with van der Waals surface area (Å²) in [4.78, 5) is 9.70. The Morgan fingerprint density at radius 1 is 0.800 bits per heavy atom. The van der Waals surface area contributed by atoms with Gasteiger partial charge in [-0.15, -0.1) is 0 Å². The molecular formula is C12H22O3. The molecule has 3 nitrogen and oxygen atoms in total. The summed E-state index contributed by atoms with van der Waals surface area (Å²) in [6.45, 7) is 2.73. The lowest BCUT2D eigenvalue weighted by molar-refractivity contribution is 0.233. The molecule has 0 amide bonds. The molecule has 0 aliphatic rings. The molecular weight excluding hydrogens is 192 g/mol. The summed E-state index contributed by atoms with van der Waals surface area (Å²) in [5, 5.41) is 0. The van der Waals surface area contributed by atoms with Crippen LogP contribution in [0.3, 0.4) is 0 Å². The second kappa shape index (κ2) is 13.4. The topological polar surface area (TPSA) is 35.5 Å². The first-order chi connectivity index (χ1) is 7.41. The smallest absolute Gasteiger partial charge is 0.417 e. The van der Waals surface area contributed by atoms with Crippen molar-refractivity contribution in [2.24, 2.45) is 0 Å². The minimum absolute atomic E-state index is 0.518. The fraction of sp³-hybridized carbons (Fsp3) is 0.833.